The maximum absolute atomic E-state index is 12.6. The quantitative estimate of drug-likeness (QED) is 0.624. The minimum absolute atomic E-state index is 0.0262. The third-order valence-electron chi connectivity index (χ3n) is 4.29. The average Bonchev–Trinajstić information content (AvgIpc) is 3.04. The van der Waals surface area contributed by atoms with E-state index in [1.54, 1.807) is 24.3 Å². The van der Waals surface area contributed by atoms with Crippen LogP contribution in [-0.2, 0) is 9.59 Å². The molecule has 2 amide bonds. The van der Waals surface area contributed by atoms with Crippen LogP contribution in [0.2, 0.25) is 5.02 Å². The smallest absolute Gasteiger partial charge is 0.296 e. The number of methoxy groups -OCH3 is 1. The van der Waals surface area contributed by atoms with Crippen molar-refractivity contribution in [3.05, 3.63) is 57.6 Å². The number of benzene rings is 2. The second-order valence-corrected chi connectivity index (χ2v) is 6.45. The first kappa shape index (κ1) is 18.7. The first-order valence-corrected chi connectivity index (χ1v) is 8.46. The average molecular weight is 390 g/mol. The Labute approximate surface area is 159 Å². The first-order chi connectivity index (χ1) is 12.9. The van der Waals surface area contributed by atoms with Gasteiger partial charge >= 0.3 is 0 Å². The van der Waals surface area contributed by atoms with E-state index in [2.05, 4.69) is 5.32 Å². The molecule has 9 heteroatoms. The molecule has 140 valence electrons. The van der Waals surface area contributed by atoms with Crippen LogP contribution in [-0.4, -0.2) is 30.4 Å². The zero-order chi connectivity index (χ0) is 19.6. The number of halogens is 1. The molecular formula is C18H16ClN3O5. The van der Waals surface area contributed by atoms with Crippen molar-refractivity contribution in [3.63, 3.8) is 0 Å². The fourth-order valence-electron chi connectivity index (χ4n) is 2.88. The van der Waals surface area contributed by atoms with Gasteiger partial charge in [0.15, 0.2) is 0 Å². The van der Waals surface area contributed by atoms with Crippen molar-refractivity contribution in [3.8, 4) is 5.75 Å². The Balaban J connectivity index is 1.75. The summed E-state index contributed by atoms with van der Waals surface area (Å²) in [5.41, 5.74) is 0.430. The molecule has 2 aromatic carbocycles. The van der Waals surface area contributed by atoms with E-state index >= 15 is 0 Å². The summed E-state index contributed by atoms with van der Waals surface area (Å²) in [7, 11) is 1.40. The van der Waals surface area contributed by atoms with Gasteiger partial charge in [-0.05, 0) is 36.4 Å². The Morgan fingerprint density at radius 2 is 2.00 bits per heavy atom. The number of hydrogen-bond acceptors (Lipinski definition) is 5. The van der Waals surface area contributed by atoms with Gasteiger partial charge in [0, 0.05) is 23.7 Å². The number of anilines is 2. The lowest BCUT2D eigenvalue weighted by Gasteiger charge is -2.16. The fourth-order valence-corrected chi connectivity index (χ4v) is 3.01. The second kappa shape index (κ2) is 7.63. The second-order valence-electron chi connectivity index (χ2n) is 6.01. The van der Waals surface area contributed by atoms with Gasteiger partial charge in [0.1, 0.15) is 11.4 Å². The van der Waals surface area contributed by atoms with E-state index in [9.17, 15) is 19.7 Å². The van der Waals surface area contributed by atoms with Crippen LogP contribution < -0.4 is 15.0 Å². The van der Waals surface area contributed by atoms with Crippen LogP contribution in [0.3, 0.4) is 0 Å². The number of carbonyl (C=O) groups is 2. The highest BCUT2D eigenvalue weighted by molar-refractivity contribution is 6.30. The Morgan fingerprint density at radius 3 is 2.63 bits per heavy atom. The van der Waals surface area contributed by atoms with Crippen molar-refractivity contribution in [2.45, 2.75) is 6.42 Å². The van der Waals surface area contributed by atoms with E-state index in [1.807, 2.05) is 0 Å². The largest absolute Gasteiger partial charge is 0.496 e. The zero-order valence-corrected chi connectivity index (χ0v) is 15.1. The molecule has 1 aliphatic heterocycles. The molecule has 0 bridgehead atoms. The van der Waals surface area contributed by atoms with E-state index in [4.69, 9.17) is 16.3 Å². The van der Waals surface area contributed by atoms with Crippen LogP contribution in [0.25, 0.3) is 0 Å². The fraction of sp³-hybridized carbons (Fsp3) is 0.222. The predicted molar refractivity (Wildman–Crippen MR) is 100 cm³/mol. The SMILES string of the molecule is COc1ccc(NC(=O)[C@@H]2CC(=O)N(c3ccc(Cl)cc3)C2)c([N+](=O)[O-])c1. The number of nitrogens with one attached hydrogen (secondary N) is 1. The van der Waals surface area contributed by atoms with E-state index in [0.29, 0.717) is 16.5 Å². The molecular weight excluding hydrogens is 374 g/mol. The Morgan fingerprint density at radius 1 is 1.30 bits per heavy atom. The summed E-state index contributed by atoms with van der Waals surface area (Å²) in [6.07, 6.45) is 0.0262. The normalized spacial score (nSPS) is 16.3. The van der Waals surface area contributed by atoms with Gasteiger partial charge in [-0.3, -0.25) is 19.7 Å². The highest BCUT2D eigenvalue weighted by Gasteiger charge is 2.35. The predicted octanol–water partition coefficient (Wildman–Crippen LogP) is 3.25. The molecule has 0 radical (unpaired) electrons. The number of amides is 2. The molecule has 0 spiro atoms. The van der Waals surface area contributed by atoms with Gasteiger partial charge in [-0.15, -0.1) is 0 Å². The monoisotopic (exact) mass is 389 g/mol. The number of hydrogen-bond donors (Lipinski definition) is 1. The number of nitrogens with zero attached hydrogens (tertiary/aromatic N) is 2. The molecule has 0 aromatic heterocycles. The molecule has 2 aromatic rings. The molecule has 0 saturated carbocycles. The van der Waals surface area contributed by atoms with Gasteiger partial charge in [-0.25, -0.2) is 0 Å². The van der Waals surface area contributed by atoms with Crippen molar-refractivity contribution in [1.82, 2.24) is 0 Å². The summed E-state index contributed by atoms with van der Waals surface area (Å²) in [6, 6.07) is 10.9. The number of carbonyl (C=O) groups excluding carboxylic acids is 2. The molecule has 1 fully saturated rings. The summed E-state index contributed by atoms with van der Waals surface area (Å²) in [5.74, 6) is -0.950. The first-order valence-electron chi connectivity index (χ1n) is 8.08. The van der Waals surface area contributed by atoms with Gasteiger partial charge < -0.3 is 15.0 Å². The van der Waals surface area contributed by atoms with E-state index in [1.165, 1.54) is 30.2 Å². The third-order valence-corrected chi connectivity index (χ3v) is 4.55. The van der Waals surface area contributed by atoms with Crippen LogP contribution in [0.4, 0.5) is 17.1 Å². The zero-order valence-electron chi connectivity index (χ0n) is 14.3. The van der Waals surface area contributed by atoms with Crippen molar-refractivity contribution in [2.24, 2.45) is 5.92 Å². The van der Waals surface area contributed by atoms with Crippen molar-refractivity contribution < 1.29 is 19.2 Å². The number of nitro benzene ring substituents is 1. The van der Waals surface area contributed by atoms with Crippen LogP contribution in [0.5, 0.6) is 5.75 Å². The summed E-state index contributed by atoms with van der Waals surface area (Å²) in [5, 5.41) is 14.3. The van der Waals surface area contributed by atoms with Crippen LogP contribution in [0.1, 0.15) is 6.42 Å². The topological polar surface area (TPSA) is 102 Å². The summed E-state index contributed by atoms with van der Waals surface area (Å²) < 4.78 is 4.97. The Kier molecular flexibility index (Phi) is 5.27. The van der Waals surface area contributed by atoms with Gasteiger partial charge in [0.05, 0.1) is 24.0 Å². The minimum atomic E-state index is -0.616. The lowest BCUT2D eigenvalue weighted by molar-refractivity contribution is -0.384. The molecule has 0 aliphatic carbocycles. The Hall–Kier alpha value is -3.13. The lowest BCUT2D eigenvalue weighted by Crippen LogP contribution is -2.28. The summed E-state index contributed by atoms with van der Waals surface area (Å²) >= 11 is 5.85. The minimum Gasteiger partial charge on any atom is -0.496 e. The molecule has 0 unspecified atom stereocenters. The molecule has 3 rings (SSSR count). The number of nitro groups is 1. The van der Waals surface area contributed by atoms with Crippen molar-refractivity contribution >= 4 is 40.5 Å². The maximum atomic E-state index is 12.6. The van der Waals surface area contributed by atoms with Gasteiger partial charge in [-0.1, -0.05) is 11.6 Å². The Bertz CT molecular complexity index is 900. The molecule has 1 heterocycles. The number of rotatable bonds is 5. The molecule has 8 nitrogen and oxygen atoms in total. The standard InChI is InChI=1S/C18H16ClN3O5/c1-27-14-6-7-15(16(9-14)22(25)26)20-18(24)11-8-17(23)21(10-11)13-4-2-12(19)3-5-13/h2-7,9,11H,8,10H2,1H3,(H,20,24)/t11-/m1/s1. The van der Waals surface area contributed by atoms with E-state index in [0.717, 1.165) is 0 Å². The highest BCUT2D eigenvalue weighted by atomic mass is 35.5. The summed E-state index contributed by atoms with van der Waals surface area (Å²) in [6.45, 7) is 0.191. The highest BCUT2D eigenvalue weighted by Crippen LogP contribution is 2.31. The molecule has 27 heavy (non-hydrogen) atoms. The molecule has 1 saturated heterocycles. The van der Waals surface area contributed by atoms with Gasteiger partial charge in [-0.2, -0.15) is 0 Å². The van der Waals surface area contributed by atoms with Crippen molar-refractivity contribution in [1.29, 1.82) is 0 Å². The maximum Gasteiger partial charge on any atom is 0.296 e. The number of ether oxygens (including phenoxy) is 1. The third kappa shape index (κ3) is 4.01. The summed E-state index contributed by atoms with van der Waals surface area (Å²) in [4.78, 5) is 37.0. The van der Waals surface area contributed by atoms with Crippen LogP contribution >= 0.6 is 11.6 Å². The van der Waals surface area contributed by atoms with E-state index in [-0.39, 0.29) is 30.2 Å². The van der Waals surface area contributed by atoms with E-state index < -0.39 is 16.7 Å². The molecule has 1 N–H and O–H groups in total. The van der Waals surface area contributed by atoms with Gasteiger partial charge in [0.25, 0.3) is 5.69 Å². The van der Waals surface area contributed by atoms with Crippen LogP contribution in [0, 0.1) is 16.0 Å². The van der Waals surface area contributed by atoms with Crippen molar-refractivity contribution in [2.75, 3.05) is 23.9 Å². The molecule has 1 aliphatic rings. The van der Waals surface area contributed by atoms with Gasteiger partial charge in [0.2, 0.25) is 11.8 Å². The van der Waals surface area contributed by atoms with Crippen LogP contribution in [0.15, 0.2) is 42.5 Å². The lowest BCUT2D eigenvalue weighted by atomic mass is 10.1. The molecule has 1 atom stereocenters.